The zero-order chi connectivity index (χ0) is 12.9. The maximum atomic E-state index is 9.60. The van der Waals surface area contributed by atoms with E-state index in [2.05, 4.69) is 0 Å². The van der Waals surface area contributed by atoms with Gasteiger partial charge in [-0.05, 0) is 0 Å². The monoisotopic (exact) mass is 320 g/mol. The van der Waals surface area contributed by atoms with Crippen molar-refractivity contribution in [1.82, 2.24) is 0 Å². The maximum Gasteiger partial charge on any atom is 0.0720 e. The summed E-state index contributed by atoms with van der Waals surface area (Å²) in [6, 6.07) is 0. The van der Waals surface area contributed by atoms with Gasteiger partial charge >= 0.3 is 0 Å². The SMILES string of the molecule is OCCSCC(O)CSCC(Cl)CSCCO. The molecule has 0 rings (SSSR count). The van der Waals surface area contributed by atoms with E-state index in [1.165, 1.54) is 0 Å². The fourth-order valence-electron chi connectivity index (χ4n) is 0.988. The molecule has 0 saturated heterocycles. The van der Waals surface area contributed by atoms with Crippen molar-refractivity contribution in [1.29, 1.82) is 0 Å². The summed E-state index contributed by atoms with van der Waals surface area (Å²) in [6.07, 6.45) is -0.328. The van der Waals surface area contributed by atoms with Crippen molar-refractivity contribution >= 4 is 46.9 Å². The fourth-order valence-corrected chi connectivity index (χ4v) is 4.08. The second-order valence-corrected chi connectivity index (χ2v) is 7.38. The van der Waals surface area contributed by atoms with Crippen LogP contribution >= 0.6 is 46.9 Å². The third-order valence-corrected chi connectivity index (χ3v) is 5.82. The number of alkyl halides is 1. The van der Waals surface area contributed by atoms with Gasteiger partial charge in [0.2, 0.25) is 0 Å². The van der Waals surface area contributed by atoms with Crippen LogP contribution in [0.1, 0.15) is 0 Å². The minimum Gasteiger partial charge on any atom is -0.396 e. The fraction of sp³-hybridized carbons (Fsp3) is 1.00. The molecule has 0 heterocycles. The van der Waals surface area contributed by atoms with E-state index in [-0.39, 0.29) is 24.7 Å². The second-order valence-electron chi connectivity index (χ2n) is 3.39. The van der Waals surface area contributed by atoms with E-state index < -0.39 is 0 Å². The number of aliphatic hydroxyl groups excluding tert-OH is 3. The molecule has 17 heavy (non-hydrogen) atoms. The Balaban J connectivity index is 3.29. The minimum absolute atomic E-state index is 0.0915. The predicted octanol–water partition coefficient (Wildman–Crippen LogP) is 1.14. The molecule has 3 nitrogen and oxygen atoms in total. The molecular formula is C10H21ClO3S3. The molecular weight excluding hydrogens is 300 g/mol. The van der Waals surface area contributed by atoms with Crippen molar-refractivity contribution in [2.75, 3.05) is 47.7 Å². The highest BCUT2D eigenvalue weighted by molar-refractivity contribution is 8.00. The second kappa shape index (κ2) is 13.6. The van der Waals surface area contributed by atoms with E-state index in [0.29, 0.717) is 17.3 Å². The molecule has 7 heteroatoms. The average molecular weight is 321 g/mol. The van der Waals surface area contributed by atoms with E-state index in [9.17, 15) is 5.11 Å². The average Bonchev–Trinajstić information content (AvgIpc) is 2.30. The minimum atomic E-state index is -0.328. The summed E-state index contributed by atoms with van der Waals surface area (Å²) in [6.45, 7) is 0.360. The smallest absolute Gasteiger partial charge is 0.0720 e. The van der Waals surface area contributed by atoms with Crippen LogP contribution in [-0.2, 0) is 0 Å². The summed E-state index contributed by atoms with van der Waals surface area (Å²) < 4.78 is 0. The molecule has 0 saturated carbocycles. The Kier molecular flexibility index (Phi) is 14.6. The number of halogens is 1. The summed E-state index contributed by atoms with van der Waals surface area (Å²) in [7, 11) is 0. The molecule has 0 aromatic heterocycles. The molecule has 0 aliphatic rings. The molecule has 3 N–H and O–H groups in total. The van der Waals surface area contributed by atoms with Crippen molar-refractivity contribution in [3.63, 3.8) is 0 Å². The van der Waals surface area contributed by atoms with Gasteiger partial charge in [-0.25, -0.2) is 0 Å². The highest BCUT2D eigenvalue weighted by Gasteiger charge is 2.08. The largest absolute Gasteiger partial charge is 0.396 e. The van der Waals surface area contributed by atoms with Crippen LogP contribution in [0.3, 0.4) is 0 Å². The molecule has 0 amide bonds. The third kappa shape index (κ3) is 13.5. The number of rotatable bonds is 12. The standard InChI is InChI=1S/C10H21ClO3S3/c11-9(5-15-3-1-12)6-17-8-10(14)7-16-4-2-13/h9-10,12-14H,1-8H2. The molecule has 0 fully saturated rings. The third-order valence-electron chi connectivity index (χ3n) is 1.69. The quantitative estimate of drug-likeness (QED) is 0.370. The van der Waals surface area contributed by atoms with Gasteiger partial charge in [-0.1, -0.05) is 0 Å². The van der Waals surface area contributed by atoms with Gasteiger partial charge < -0.3 is 15.3 Å². The molecule has 0 aromatic carbocycles. The molecule has 0 aliphatic carbocycles. The van der Waals surface area contributed by atoms with E-state index in [1.807, 2.05) is 0 Å². The maximum absolute atomic E-state index is 9.60. The van der Waals surface area contributed by atoms with Crippen LogP contribution in [-0.4, -0.2) is 74.5 Å². The summed E-state index contributed by atoms with van der Waals surface area (Å²) in [5.41, 5.74) is 0. The summed E-state index contributed by atoms with van der Waals surface area (Å²) in [4.78, 5) is 0. The number of aliphatic hydroxyl groups is 3. The van der Waals surface area contributed by atoms with Gasteiger partial charge in [-0.15, -0.1) is 11.6 Å². The van der Waals surface area contributed by atoms with Crippen molar-refractivity contribution < 1.29 is 15.3 Å². The Morgan fingerprint density at radius 2 is 1.29 bits per heavy atom. The molecule has 0 bridgehead atoms. The first-order valence-electron chi connectivity index (χ1n) is 5.47. The van der Waals surface area contributed by atoms with E-state index >= 15 is 0 Å². The van der Waals surface area contributed by atoms with Crippen LogP contribution in [0.15, 0.2) is 0 Å². The summed E-state index contributed by atoms with van der Waals surface area (Å²) in [5, 5.41) is 26.9. The molecule has 0 aromatic rings. The van der Waals surface area contributed by atoms with E-state index in [4.69, 9.17) is 21.8 Å². The Bertz CT molecular complexity index is 150. The number of hydrogen-bond acceptors (Lipinski definition) is 6. The van der Waals surface area contributed by atoms with Gasteiger partial charge in [0.1, 0.15) is 0 Å². The van der Waals surface area contributed by atoms with E-state index in [0.717, 1.165) is 17.3 Å². The molecule has 2 atom stereocenters. The summed E-state index contributed by atoms with van der Waals surface area (Å²) >= 11 is 10.9. The summed E-state index contributed by atoms with van der Waals surface area (Å²) in [5.74, 6) is 4.42. The number of thioether (sulfide) groups is 3. The first kappa shape index (κ1) is 18.2. The van der Waals surface area contributed by atoms with Crippen LogP contribution in [0.2, 0.25) is 0 Å². The van der Waals surface area contributed by atoms with Crippen LogP contribution in [0, 0.1) is 0 Å². The molecule has 2 unspecified atom stereocenters. The van der Waals surface area contributed by atoms with Crippen LogP contribution in [0.5, 0.6) is 0 Å². The predicted molar refractivity (Wildman–Crippen MR) is 81.8 cm³/mol. The van der Waals surface area contributed by atoms with Crippen molar-refractivity contribution in [2.45, 2.75) is 11.5 Å². The lowest BCUT2D eigenvalue weighted by molar-refractivity contribution is 0.225. The Labute approximate surface area is 121 Å². The van der Waals surface area contributed by atoms with Gasteiger partial charge in [0.05, 0.1) is 24.7 Å². The number of hydrogen-bond donors (Lipinski definition) is 3. The van der Waals surface area contributed by atoms with Crippen molar-refractivity contribution in [3.8, 4) is 0 Å². The van der Waals surface area contributed by atoms with Gasteiger partial charge in [-0.2, -0.15) is 35.3 Å². The lowest BCUT2D eigenvalue weighted by Gasteiger charge is -2.12. The van der Waals surface area contributed by atoms with Crippen molar-refractivity contribution in [3.05, 3.63) is 0 Å². The lowest BCUT2D eigenvalue weighted by atomic mass is 10.5. The van der Waals surface area contributed by atoms with E-state index in [1.54, 1.807) is 35.3 Å². The highest BCUT2D eigenvalue weighted by Crippen LogP contribution is 2.15. The highest BCUT2D eigenvalue weighted by atomic mass is 35.5. The van der Waals surface area contributed by atoms with Crippen LogP contribution in [0.25, 0.3) is 0 Å². The Morgan fingerprint density at radius 3 is 1.88 bits per heavy atom. The van der Waals surface area contributed by atoms with Gasteiger partial charge in [0.15, 0.2) is 0 Å². The Morgan fingerprint density at radius 1 is 0.824 bits per heavy atom. The van der Waals surface area contributed by atoms with Gasteiger partial charge in [0.25, 0.3) is 0 Å². The molecule has 0 aliphatic heterocycles. The van der Waals surface area contributed by atoms with Crippen molar-refractivity contribution in [2.24, 2.45) is 0 Å². The first-order valence-corrected chi connectivity index (χ1v) is 9.37. The van der Waals surface area contributed by atoms with Crippen LogP contribution in [0.4, 0.5) is 0 Å². The van der Waals surface area contributed by atoms with Crippen LogP contribution < -0.4 is 0 Å². The molecule has 104 valence electrons. The molecule has 0 spiro atoms. The zero-order valence-electron chi connectivity index (χ0n) is 9.76. The zero-order valence-corrected chi connectivity index (χ0v) is 13.0. The lowest BCUT2D eigenvalue weighted by Crippen LogP contribution is -2.16. The topological polar surface area (TPSA) is 60.7 Å². The normalized spacial score (nSPS) is 14.8. The molecule has 0 radical (unpaired) electrons. The van der Waals surface area contributed by atoms with Gasteiger partial charge in [0, 0.05) is 34.5 Å². The first-order chi connectivity index (χ1) is 8.20. The Hall–Kier alpha value is 1.22. The van der Waals surface area contributed by atoms with Gasteiger partial charge in [-0.3, -0.25) is 0 Å².